The molecule has 0 aliphatic heterocycles. The Hall–Kier alpha value is -1.19. The van der Waals surface area contributed by atoms with Gasteiger partial charge in [-0.25, -0.2) is 23.3 Å². The summed E-state index contributed by atoms with van der Waals surface area (Å²) in [4.78, 5) is 15.2. The third-order valence-corrected chi connectivity index (χ3v) is 3.67. The zero-order valence-electron chi connectivity index (χ0n) is 9.13. The number of primary sulfonamides is 1. The average Bonchev–Trinajstić information content (AvgIpc) is 2.53. The van der Waals surface area contributed by atoms with Gasteiger partial charge in [-0.3, -0.25) is 0 Å². The fraction of sp³-hybridized carbons (Fsp3) is 0.500. The van der Waals surface area contributed by atoms with Gasteiger partial charge in [0.2, 0.25) is 10.0 Å². The number of thiazole rings is 1. The van der Waals surface area contributed by atoms with Crippen LogP contribution in [-0.4, -0.2) is 36.8 Å². The first-order valence-electron chi connectivity index (χ1n) is 4.74. The molecule has 0 radical (unpaired) electrons. The van der Waals surface area contributed by atoms with Crippen LogP contribution in [0.15, 0.2) is 0 Å². The van der Waals surface area contributed by atoms with E-state index in [0.717, 1.165) is 0 Å². The fourth-order valence-corrected chi connectivity index (χ4v) is 2.52. The van der Waals surface area contributed by atoms with Crippen LogP contribution in [0.3, 0.4) is 0 Å². The van der Waals surface area contributed by atoms with Crippen molar-refractivity contribution in [3.63, 3.8) is 0 Å². The molecule has 0 amide bonds. The van der Waals surface area contributed by atoms with E-state index in [1.165, 1.54) is 11.3 Å². The summed E-state index contributed by atoms with van der Waals surface area (Å²) in [6.45, 7) is 2.04. The highest BCUT2D eigenvalue weighted by molar-refractivity contribution is 7.89. The summed E-state index contributed by atoms with van der Waals surface area (Å²) >= 11 is 1.22. The van der Waals surface area contributed by atoms with Crippen molar-refractivity contribution in [2.45, 2.75) is 13.3 Å². The van der Waals surface area contributed by atoms with Crippen molar-refractivity contribution >= 4 is 32.5 Å². The number of hydrogen-bond donors (Lipinski definition) is 3. The highest BCUT2D eigenvalue weighted by atomic mass is 32.2. The smallest absolute Gasteiger partial charge is 0.355 e. The molecular weight excluding hydrogens is 266 g/mol. The van der Waals surface area contributed by atoms with Gasteiger partial charge >= 0.3 is 5.97 Å². The molecule has 1 rings (SSSR count). The number of aromatic nitrogens is 1. The number of nitrogens with two attached hydrogens (primary N) is 1. The molecule has 1 aromatic rings. The zero-order valence-corrected chi connectivity index (χ0v) is 10.8. The van der Waals surface area contributed by atoms with Gasteiger partial charge in [-0.2, -0.15) is 0 Å². The number of hydrogen-bond acceptors (Lipinski definition) is 6. The lowest BCUT2D eigenvalue weighted by atomic mass is 10.4. The molecule has 0 spiro atoms. The minimum Gasteiger partial charge on any atom is -0.476 e. The molecule has 17 heavy (non-hydrogen) atoms. The largest absolute Gasteiger partial charge is 0.476 e. The lowest BCUT2D eigenvalue weighted by Gasteiger charge is -2.00. The molecule has 0 saturated carbocycles. The molecule has 7 nitrogen and oxygen atoms in total. The molecule has 96 valence electrons. The fourth-order valence-electron chi connectivity index (χ4n) is 1.14. The normalized spacial score (nSPS) is 11.4. The molecular formula is C8H13N3O4S2. The summed E-state index contributed by atoms with van der Waals surface area (Å²) in [6.07, 6.45) is 0.347. The monoisotopic (exact) mass is 279 g/mol. The topological polar surface area (TPSA) is 122 Å². The molecule has 0 saturated heterocycles. The quantitative estimate of drug-likeness (QED) is 0.641. The third kappa shape index (κ3) is 4.67. The maximum Gasteiger partial charge on any atom is 0.355 e. The van der Waals surface area contributed by atoms with Gasteiger partial charge < -0.3 is 10.4 Å². The summed E-state index contributed by atoms with van der Waals surface area (Å²) in [7, 11) is -3.45. The van der Waals surface area contributed by atoms with Crippen LogP contribution >= 0.6 is 11.3 Å². The Morgan fingerprint density at radius 3 is 2.71 bits per heavy atom. The minimum absolute atomic E-state index is 0.0175. The van der Waals surface area contributed by atoms with Gasteiger partial charge in [0.15, 0.2) is 10.8 Å². The van der Waals surface area contributed by atoms with Crippen molar-refractivity contribution in [3.05, 3.63) is 10.6 Å². The molecule has 0 fully saturated rings. The first kappa shape index (κ1) is 13.9. The second-order valence-electron chi connectivity index (χ2n) is 3.38. The molecule has 0 unspecified atom stereocenters. The second-order valence-corrected chi connectivity index (χ2v) is 6.31. The number of nitrogens with zero attached hydrogens (tertiary/aromatic N) is 1. The summed E-state index contributed by atoms with van der Waals surface area (Å²) in [5, 5.41) is 16.9. The summed E-state index contributed by atoms with van der Waals surface area (Å²) in [5.41, 5.74) is 0.0175. The highest BCUT2D eigenvalue weighted by Crippen LogP contribution is 2.21. The number of aromatic carboxylic acids is 1. The number of carbonyl (C=O) groups is 1. The van der Waals surface area contributed by atoms with Crippen molar-refractivity contribution < 1.29 is 18.3 Å². The molecule has 4 N–H and O–H groups in total. The van der Waals surface area contributed by atoms with E-state index in [1.807, 2.05) is 0 Å². The molecule has 1 aromatic heterocycles. The van der Waals surface area contributed by atoms with Gasteiger partial charge in [-0.1, -0.05) is 0 Å². The Balaban J connectivity index is 2.48. The minimum atomic E-state index is -3.45. The third-order valence-electron chi connectivity index (χ3n) is 1.88. The standard InChI is InChI=1S/C8H13N3O4S2/c1-5-6(7(12)13)11-8(16-5)10-3-2-4-17(9,14)15/h2-4H2,1H3,(H,10,11)(H,12,13)(H2,9,14,15). The van der Waals surface area contributed by atoms with Gasteiger partial charge in [-0.15, -0.1) is 11.3 Å². The van der Waals surface area contributed by atoms with Crippen molar-refractivity contribution in [1.29, 1.82) is 0 Å². The predicted octanol–water partition coefficient (Wildman–Crippen LogP) is 0.240. The van der Waals surface area contributed by atoms with Crippen LogP contribution in [0.25, 0.3) is 0 Å². The van der Waals surface area contributed by atoms with E-state index in [2.05, 4.69) is 10.3 Å². The van der Waals surface area contributed by atoms with E-state index in [9.17, 15) is 13.2 Å². The van der Waals surface area contributed by atoms with E-state index in [0.29, 0.717) is 23.0 Å². The number of carboxylic acid groups (broad SMARTS) is 1. The van der Waals surface area contributed by atoms with Gasteiger partial charge in [-0.05, 0) is 13.3 Å². The molecule has 0 aliphatic carbocycles. The van der Waals surface area contributed by atoms with E-state index in [4.69, 9.17) is 10.2 Å². The second kappa shape index (κ2) is 5.43. The molecule has 9 heteroatoms. The number of anilines is 1. The van der Waals surface area contributed by atoms with Crippen LogP contribution in [0.2, 0.25) is 0 Å². The van der Waals surface area contributed by atoms with E-state index in [-0.39, 0.29) is 11.4 Å². The summed E-state index contributed by atoms with van der Waals surface area (Å²) in [6, 6.07) is 0. The van der Waals surface area contributed by atoms with Crippen LogP contribution < -0.4 is 10.5 Å². The van der Waals surface area contributed by atoms with Gasteiger partial charge in [0.1, 0.15) is 0 Å². The number of nitrogens with one attached hydrogen (secondary N) is 1. The Morgan fingerprint density at radius 2 is 2.24 bits per heavy atom. The van der Waals surface area contributed by atoms with Crippen molar-refractivity contribution in [2.75, 3.05) is 17.6 Å². The van der Waals surface area contributed by atoms with Crippen molar-refractivity contribution in [2.24, 2.45) is 5.14 Å². The Labute approximate surface area is 103 Å². The molecule has 0 atom stereocenters. The maximum absolute atomic E-state index is 10.7. The molecule has 0 aromatic carbocycles. The van der Waals surface area contributed by atoms with Gasteiger partial charge in [0, 0.05) is 11.4 Å². The van der Waals surface area contributed by atoms with E-state index in [1.54, 1.807) is 6.92 Å². The van der Waals surface area contributed by atoms with Crippen LogP contribution in [0.4, 0.5) is 5.13 Å². The van der Waals surface area contributed by atoms with Crippen LogP contribution in [0.5, 0.6) is 0 Å². The van der Waals surface area contributed by atoms with Crippen LogP contribution in [0.1, 0.15) is 21.8 Å². The first-order chi connectivity index (χ1) is 7.79. The van der Waals surface area contributed by atoms with Gasteiger partial charge in [0.05, 0.1) is 5.75 Å². The zero-order chi connectivity index (χ0) is 13.1. The van der Waals surface area contributed by atoms with Crippen molar-refractivity contribution in [3.8, 4) is 0 Å². The number of sulfonamides is 1. The van der Waals surface area contributed by atoms with Gasteiger partial charge in [0.25, 0.3) is 0 Å². The van der Waals surface area contributed by atoms with Crippen LogP contribution in [0, 0.1) is 6.92 Å². The van der Waals surface area contributed by atoms with E-state index >= 15 is 0 Å². The number of carboxylic acids is 1. The average molecular weight is 279 g/mol. The SMILES string of the molecule is Cc1sc(NCCCS(N)(=O)=O)nc1C(=O)O. The summed E-state index contributed by atoms with van der Waals surface area (Å²) in [5.74, 6) is -1.19. The molecule has 0 bridgehead atoms. The summed E-state index contributed by atoms with van der Waals surface area (Å²) < 4.78 is 21.3. The van der Waals surface area contributed by atoms with Crippen molar-refractivity contribution in [1.82, 2.24) is 4.98 Å². The Kier molecular flexibility index (Phi) is 4.43. The maximum atomic E-state index is 10.7. The van der Waals surface area contributed by atoms with E-state index < -0.39 is 16.0 Å². The molecule has 1 heterocycles. The Morgan fingerprint density at radius 1 is 1.59 bits per heavy atom. The predicted molar refractivity (Wildman–Crippen MR) is 64.9 cm³/mol. The highest BCUT2D eigenvalue weighted by Gasteiger charge is 2.13. The number of rotatable bonds is 6. The lowest BCUT2D eigenvalue weighted by molar-refractivity contribution is 0.0690. The van der Waals surface area contributed by atoms with Crippen LogP contribution in [-0.2, 0) is 10.0 Å². The number of aryl methyl sites for hydroxylation is 1. The first-order valence-corrected chi connectivity index (χ1v) is 7.28. The Bertz CT molecular complexity index is 509. The molecule has 0 aliphatic rings. The lowest BCUT2D eigenvalue weighted by Crippen LogP contribution is -2.18.